The molecule has 0 saturated carbocycles. The van der Waals surface area contributed by atoms with Gasteiger partial charge in [-0.3, -0.25) is 0 Å². The molecule has 68 valence electrons. The van der Waals surface area contributed by atoms with Gasteiger partial charge in [0.25, 0.3) is 0 Å². The molecule has 0 spiro atoms. The SMILES string of the molecule is CC1(C)O[C@H]2[C@@H](O)CC=C[C@H]2O1. The number of ether oxygens (including phenoxy) is 2. The molecule has 0 aromatic rings. The highest BCUT2D eigenvalue weighted by Gasteiger charge is 2.44. The summed E-state index contributed by atoms with van der Waals surface area (Å²) in [6, 6.07) is 0. The van der Waals surface area contributed by atoms with Crippen molar-refractivity contribution < 1.29 is 14.6 Å². The molecule has 3 nitrogen and oxygen atoms in total. The molecule has 1 heterocycles. The standard InChI is InChI=1S/C9H14O3/c1-9(2)11-7-5-3-4-6(10)8(7)12-9/h3,5-8,10H,4H2,1-2H3/t6-,7+,8-/m0/s1. The first kappa shape index (κ1) is 8.23. The van der Waals surface area contributed by atoms with Gasteiger partial charge < -0.3 is 14.6 Å². The lowest BCUT2D eigenvalue weighted by Gasteiger charge is -2.22. The van der Waals surface area contributed by atoms with E-state index in [1.165, 1.54) is 0 Å². The monoisotopic (exact) mass is 170 g/mol. The molecule has 12 heavy (non-hydrogen) atoms. The maximum absolute atomic E-state index is 9.56. The van der Waals surface area contributed by atoms with E-state index < -0.39 is 11.9 Å². The molecule has 1 aliphatic carbocycles. The summed E-state index contributed by atoms with van der Waals surface area (Å²) in [6.45, 7) is 3.73. The molecule has 1 aliphatic heterocycles. The van der Waals surface area contributed by atoms with Crippen molar-refractivity contribution in [3.8, 4) is 0 Å². The minimum absolute atomic E-state index is 0.0660. The van der Waals surface area contributed by atoms with Crippen LogP contribution < -0.4 is 0 Å². The van der Waals surface area contributed by atoms with Crippen molar-refractivity contribution in [2.45, 2.75) is 44.4 Å². The van der Waals surface area contributed by atoms with Gasteiger partial charge in [-0.15, -0.1) is 0 Å². The third-order valence-electron chi connectivity index (χ3n) is 2.25. The Labute approximate surface area is 72.0 Å². The summed E-state index contributed by atoms with van der Waals surface area (Å²) in [6.07, 6.45) is 3.92. The molecule has 3 heteroatoms. The van der Waals surface area contributed by atoms with Crippen molar-refractivity contribution in [3.05, 3.63) is 12.2 Å². The van der Waals surface area contributed by atoms with Gasteiger partial charge in [-0.2, -0.15) is 0 Å². The van der Waals surface area contributed by atoms with Crippen LogP contribution in [0, 0.1) is 0 Å². The zero-order valence-corrected chi connectivity index (χ0v) is 7.36. The first-order valence-electron chi connectivity index (χ1n) is 4.29. The van der Waals surface area contributed by atoms with E-state index in [1.807, 2.05) is 26.0 Å². The van der Waals surface area contributed by atoms with Crippen LogP contribution >= 0.6 is 0 Å². The Bertz CT molecular complexity index is 210. The Morgan fingerprint density at radius 1 is 1.42 bits per heavy atom. The molecular formula is C9H14O3. The van der Waals surface area contributed by atoms with Gasteiger partial charge in [-0.05, 0) is 20.3 Å². The molecule has 2 aliphatic rings. The van der Waals surface area contributed by atoms with Gasteiger partial charge >= 0.3 is 0 Å². The smallest absolute Gasteiger partial charge is 0.164 e. The van der Waals surface area contributed by atoms with Crippen molar-refractivity contribution in [2.75, 3.05) is 0 Å². The summed E-state index contributed by atoms with van der Waals surface area (Å²) in [5, 5.41) is 9.56. The van der Waals surface area contributed by atoms with Crippen molar-refractivity contribution in [2.24, 2.45) is 0 Å². The van der Waals surface area contributed by atoms with Gasteiger partial charge in [-0.1, -0.05) is 12.2 Å². The Morgan fingerprint density at radius 3 is 2.83 bits per heavy atom. The summed E-state index contributed by atoms with van der Waals surface area (Å²) < 4.78 is 11.1. The number of hydrogen-bond acceptors (Lipinski definition) is 3. The van der Waals surface area contributed by atoms with E-state index in [1.54, 1.807) is 0 Å². The molecule has 1 N–H and O–H groups in total. The zero-order valence-electron chi connectivity index (χ0n) is 7.36. The second-order valence-corrected chi connectivity index (χ2v) is 3.80. The van der Waals surface area contributed by atoms with Gasteiger partial charge in [0.05, 0.1) is 6.10 Å². The normalized spacial score (nSPS) is 44.4. The van der Waals surface area contributed by atoms with E-state index in [4.69, 9.17) is 9.47 Å². The highest BCUT2D eigenvalue weighted by molar-refractivity contribution is 5.06. The fraction of sp³-hybridized carbons (Fsp3) is 0.778. The molecule has 0 unspecified atom stereocenters. The summed E-state index contributed by atoms with van der Waals surface area (Å²) in [5.41, 5.74) is 0. The lowest BCUT2D eigenvalue weighted by atomic mass is 9.99. The van der Waals surface area contributed by atoms with Crippen LogP contribution in [-0.2, 0) is 9.47 Å². The minimum atomic E-state index is -0.551. The summed E-state index contributed by atoms with van der Waals surface area (Å²) >= 11 is 0. The van der Waals surface area contributed by atoms with Crippen LogP contribution in [0.2, 0.25) is 0 Å². The minimum Gasteiger partial charge on any atom is -0.390 e. The molecule has 2 rings (SSSR count). The highest BCUT2D eigenvalue weighted by Crippen LogP contribution is 2.33. The lowest BCUT2D eigenvalue weighted by molar-refractivity contribution is -0.152. The number of hydrogen-bond donors (Lipinski definition) is 1. The van der Waals surface area contributed by atoms with Crippen molar-refractivity contribution in [3.63, 3.8) is 0 Å². The average molecular weight is 170 g/mol. The third-order valence-corrected chi connectivity index (χ3v) is 2.25. The van der Waals surface area contributed by atoms with E-state index in [0.29, 0.717) is 6.42 Å². The van der Waals surface area contributed by atoms with Crippen LogP contribution in [0.3, 0.4) is 0 Å². The summed E-state index contributed by atoms with van der Waals surface area (Å²) in [5.74, 6) is -0.551. The average Bonchev–Trinajstić information content (AvgIpc) is 2.25. The van der Waals surface area contributed by atoms with Crippen molar-refractivity contribution >= 4 is 0 Å². The van der Waals surface area contributed by atoms with Crippen LogP contribution in [0.5, 0.6) is 0 Å². The van der Waals surface area contributed by atoms with Gasteiger partial charge in [-0.25, -0.2) is 0 Å². The van der Waals surface area contributed by atoms with E-state index in [9.17, 15) is 5.11 Å². The fourth-order valence-electron chi connectivity index (χ4n) is 1.75. The van der Waals surface area contributed by atoms with Gasteiger partial charge in [0.1, 0.15) is 12.2 Å². The van der Waals surface area contributed by atoms with Crippen LogP contribution in [0.15, 0.2) is 12.2 Å². The molecule has 0 aromatic heterocycles. The van der Waals surface area contributed by atoms with Gasteiger partial charge in [0.15, 0.2) is 5.79 Å². The molecule has 0 amide bonds. The molecule has 3 atom stereocenters. The van der Waals surface area contributed by atoms with Crippen LogP contribution in [-0.4, -0.2) is 29.2 Å². The van der Waals surface area contributed by atoms with Gasteiger partial charge in [0, 0.05) is 0 Å². The Hall–Kier alpha value is -0.380. The van der Waals surface area contributed by atoms with E-state index in [-0.39, 0.29) is 12.2 Å². The molecule has 0 radical (unpaired) electrons. The molecule has 0 bridgehead atoms. The first-order chi connectivity index (χ1) is 5.58. The van der Waals surface area contributed by atoms with Crippen molar-refractivity contribution in [1.29, 1.82) is 0 Å². The second kappa shape index (κ2) is 2.55. The Morgan fingerprint density at radius 2 is 2.17 bits per heavy atom. The molecular weight excluding hydrogens is 156 g/mol. The summed E-state index contributed by atoms with van der Waals surface area (Å²) in [7, 11) is 0. The zero-order chi connectivity index (χ0) is 8.77. The van der Waals surface area contributed by atoms with E-state index in [2.05, 4.69) is 0 Å². The van der Waals surface area contributed by atoms with Crippen LogP contribution in [0.4, 0.5) is 0 Å². The predicted octanol–water partition coefficient (Wildman–Crippen LogP) is 0.827. The number of rotatable bonds is 0. The maximum Gasteiger partial charge on any atom is 0.164 e. The number of fused-ring (bicyclic) bond motifs is 1. The van der Waals surface area contributed by atoms with Crippen molar-refractivity contribution in [1.82, 2.24) is 0 Å². The molecule has 1 fully saturated rings. The summed E-state index contributed by atoms with van der Waals surface area (Å²) in [4.78, 5) is 0. The van der Waals surface area contributed by atoms with Gasteiger partial charge in [0.2, 0.25) is 0 Å². The largest absolute Gasteiger partial charge is 0.390 e. The lowest BCUT2D eigenvalue weighted by Crippen LogP contribution is -2.36. The first-order valence-corrected chi connectivity index (χ1v) is 4.29. The fourth-order valence-corrected chi connectivity index (χ4v) is 1.75. The predicted molar refractivity (Wildman–Crippen MR) is 43.6 cm³/mol. The number of aliphatic hydroxyl groups is 1. The van der Waals surface area contributed by atoms with Crippen LogP contribution in [0.1, 0.15) is 20.3 Å². The Kier molecular flexibility index (Phi) is 1.75. The van der Waals surface area contributed by atoms with E-state index in [0.717, 1.165) is 0 Å². The van der Waals surface area contributed by atoms with E-state index >= 15 is 0 Å². The van der Waals surface area contributed by atoms with Crippen LogP contribution in [0.25, 0.3) is 0 Å². The topological polar surface area (TPSA) is 38.7 Å². The molecule has 0 aromatic carbocycles. The number of aliphatic hydroxyl groups excluding tert-OH is 1. The third kappa shape index (κ3) is 1.28. The second-order valence-electron chi connectivity index (χ2n) is 3.80. The maximum atomic E-state index is 9.56. The quantitative estimate of drug-likeness (QED) is 0.547. The molecule has 1 saturated heterocycles. The Balaban J connectivity index is 2.17. The highest BCUT2D eigenvalue weighted by atomic mass is 16.8.